The van der Waals surface area contributed by atoms with Gasteiger partial charge in [-0.25, -0.2) is 4.79 Å². The third kappa shape index (κ3) is 5.27. The first-order valence-electron chi connectivity index (χ1n) is 7.82. The first kappa shape index (κ1) is 18.9. The van der Waals surface area contributed by atoms with Gasteiger partial charge in [-0.15, -0.1) is 0 Å². The van der Waals surface area contributed by atoms with E-state index in [1.807, 2.05) is 32.0 Å². The molecule has 7 nitrogen and oxygen atoms in total. The lowest BCUT2D eigenvalue weighted by Gasteiger charge is -2.09. The first-order valence-corrected chi connectivity index (χ1v) is 7.82. The third-order valence-corrected chi connectivity index (χ3v) is 3.55. The highest BCUT2D eigenvalue weighted by molar-refractivity contribution is 5.95. The molecule has 26 heavy (non-hydrogen) atoms. The van der Waals surface area contributed by atoms with E-state index in [2.05, 4.69) is 5.32 Å². The molecule has 134 valence electrons. The highest BCUT2D eigenvalue weighted by Gasteiger charge is 2.11. The molecule has 0 spiro atoms. The van der Waals surface area contributed by atoms with Gasteiger partial charge in [0.2, 0.25) is 0 Å². The largest absolute Gasteiger partial charge is 0.452 e. The average Bonchev–Trinajstić information content (AvgIpc) is 2.61. The Morgan fingerprint density at radius 2 is 1.92 bits per heavy atom. The molecule has 7 heteroatoms. The average molecular weight is 354 g/mol. The number of anilines is 1. The molecule has 0 atom stereocenters. The maximum absolute atomic E-state index is 11.9. The summed E-state index contributed by atoms with van der Waals surface area (Å²) in [5.74, 6) is -1.23. The predicted molar refractivity (Wildman–Crippen MR) is 97.6 cm³/mol. The van der Waals surface area contributed by atoms with Gasteiger partial charge in [0.25, 0.3) is 11.6 Å². The number of nitro groups is 1. The molecular weight excluding hydrogens is 336 g/mol. The maximum atomic E-state index is 11.9. The summed E-state index contributed by atoms with van der Waals surface area (Å²) in [6.45, 7) is 3.31. The van der Waals surface area contributed by atoms with Gasteiger partial charge in [-0.05, 0) is 43.2 Å². The number of hydrogen-bond donors (Lipinski definition) is 1. The number of aryl methyl sites for hydroxylation is 2. The molecule has 0 radical (unpaired) electrons. The van der Waals surface area contributed by atoms with Crippen molar-refractivity contribution in [2.24, 2.45) is 0 Å². The van der Waals surface area contributed by atoms with Crippen molar-refractivity contribution >= 4 is 29.3 Å². The van der Waals surface area contributed by atoms with Crippen LogP contribution in [0.3, 0.4) is 0 Å². The number of carbonyl (C=O) groups is 2. The minimum atomic E-state index is -0.765. The second-order valence-electron chi connectivity index (χ2n) is 5.62. The van der Waals surface area contributed by atoms with Crippen LogP contribution >= 0.6 is 0 Å². The number of esters is 1. The van der Waals surface area contributed by atoms with E-state index in [0.29, 0.717) is 5.69 Å². The number of amides is 1. The summed E-state index contributed by atoms with van der Waals surface area (Å²) in [4.78, 5) is 34.0. The smallest absolute Gasteiger partial charge is 0.331 e. The van der Waals surface area contributed by atoms with Gasteiger partial charge >= 0.3 is 5.97 Å². The summed E-state index contributed by atoms with van der Waals surface area (Å²) in [7, 11) is 0. The van der Waals surface area contributed by atoms with Crippen molar-refractivity contribution in [2.75, 3.05) is 11.9 Å². The van der Waals surface area contributed by atoms with Gasteiger partial charge in [0.15, 0.2) is 6.61 Å². The Balaban J connectivity index is 1.91. The number of nitrogens with one attached hydrogen (secondary N) is 1. The van der Waals surface area contributed by atoms with Gasteiger partial charge in [-0.2, -0.15) is 0 Å². The van der Waals surface area contributed by atoms with Gasteiger partial charge in [0.05, 0.1) is 10.5 Å². The van der Waals surface area contributed by atoms with Crippen LogP contribution in [0, 0.1) is 24.0 Å². The molecule has 0 unspecified atom stereocenters. The zero-order valence-electron chi connectivity index (χ0n) is 14.4. The Labute approximate surface area is 150 Å². The van der Waals surface area contributed by atoms with Crippen molar-refractivity contribution in [2.45, 2.75) is 13.8 Å². The number of rotatable bonds is 6. The van der Waals surface area contributed by atoms with Gasteiger partial charge < -0.3 is 10.1 Å². The zero-order chi connectivity index (χ0) is 19.1. The Bertz CT molecular complexity index is 874. The SMILES string of the molecule is Cc1ccc(C)c(NC(=O)COC(=O)/C=C/c2ccccc2[N+](=O)[O-])c1. The van der Waals surface area contributed by atoms with Crippen molar-refractivity contribution in [3.05, 3.63) is 75.3 Å². The standard InChI is InChI=1S/C19H18N2O5/c1-13-7-8-14(2)16(11-13)20-18(22)12-26-19(23)10-9-15-5-3-4-6-17(15)21(24)25/h3-11H,12H2,1-2H3,(H,20,22)/b10-9+. The Kier molecular flexibility index (Phi) is 6.21. The molecule has 0 heterocycles. The van der Waals surface area contributed by atoms with Gasteiger partial charge in [-0.3, -0.25) is 14.9 Å². The third-order valence-electron chi connectivity index (χ3n) is 3.55. The summed E-state index contributed by atoms with van der Waals surface area (Å²) in [6, 6.07) is 11.6. The Morgan fingerprint density at radius 1 is 1.19 bits per heavy atom. The topological polar surface area (TPSA) is 98.5 Å². The van der Waals surface area contributed by atoms with Crippen LogP contribution in [0.4, 0.5) is 11.4 Å². The Morgan fingerprint density at radius 3 is 2.65 bits per heavy atom. The summed E-state index contributed by atoms with van der Waals surface area (Å²) in [6.07, 6.45) is 2.33. The molecule has 2 aromatic carbocycles. The molecule has 0 fully saturated rings. The van der Waals surface area contributed by atoms with Crippen LogP contribution in [0.1, 0.15) is 16.7 Å². The molecule has 1 N–H and O–H groups in total. The van der Waals surface area contributed by atoms with Crippen LogP contribution in [-0.2, 0) is 14.3 Å². The number of carbonyl (C=O) groups excluding carboxylic acids is 2. The van der Waals surface area contributed by atoms with E-state index >= 15 is 0 Å². The number of hydrogen-bond acceptors (Lipinski definition) is 5. The van der Waals surface area contributed by atoms with Crippen molar-refractivity contribution in [1.82, 2.24) is 0 Å². The van der Waals surface area contributed by atoms with Crippen LogP contribution in [0.5, 0.6) is 0 Å². The minimum Gasteiger partial charge on any atom is -0.452 e. The molecule has 2 rings (SSSR count). The highest BCUT2D eigenvalue weighted by Crippen LogP contribution is 2.19. The molecule has 0 aliphatic heterocycles. The molecular formula is C19H18N2O5. The van der Waals surface area contributed by atoms with Crippen molar-refractivity contribution in [1.29, 1.82) is 0 Å². The summed E-state index contributed by atoms with van der Waals surface area (Å²) < 4.78 is 4.86. The number of nitrogens with zero attached hydrogens (tertiary/aromatic N) is 1. The van der Waals surface area contributed by atoms with Crippen LogP contribution < -0.4 is 5.32 Å². The maximum Gasteiger partial charge on any atom is 0.331 e. The lowest BCUT2D eigenvalue weighted by atomic mass is 10.1. The van der Waals surface area contributed by atoms with E-state index in [-0.39, 0.29) is 11.3 Å². The minimum absolute atomic E-state index is 0.121. The molecule has 0 saturated carbocycles. The lowest BCUT2D eigenvalue weighted by Crippen LogP contribution is -2.20. The van der Waals surface area contributed by atoms with Crippen molar-refractivity contribution < 1.29 is 19.2 Å². The van der Waals surface area contributed by atoms with E-state index in [4.69, 9.17) is 4.74 Å². The summed E-state index contributed by atoms with van der Waals surface area (Å²) in [5, 5.41) is 13.6. The monoisotopic (exact) mass is 354 g/mol. The number of para-hydroxylation sites is 1. The predicted octanol–water partition coefficient (Wildman–Crippen LogP) is 3.41. The highest BCUT2D eigenvalue weighted by atomic mass is 16.6. The van der Waals surface area contributed by atoms with Crippen molar-refractivity contribution in [3.8, 4) is 0 Å². The quantitative estimate of drug-likeness (QED) is 0.371. The fourth-order valence-corrected chi connectivity index (χ4v) is 2.19. The molecule has 0 aliphatic rings. The fourth-order valence-electron chi connectivity index (χ4n) is 2.19. The molecule has 0 aliphatic carbocycles. The molecule has 0 saturated heterocycles. The van der Waals surface area contributed by atoms with E-state index in [1.54, 1.807) is 6.07 Å². The first-order chi connectivity index (χ1) is 12.4. The molecule has 2 aromatic rings. The van der Waals surface area contributed by atoms with Crippen molar-refractivity contribution in [3.63, 3.8) is 0 Å². The second kappa shape index (κ2) is 8.57. The fraction of sp³-hybridized carbons (Fsp3) is 0.158. The number of nitro benzene ring substituents is 1. The van der Waals surface area contributed by atoms with E-state index in [0.717, 1.165) is 17.2 Å². The Hall–Kier alpha value is -3.48. The van der Waals surface area contributed by atoms with E-state index < -0.39 is 23.4 Å². The molecule has 1 amide bonds. The van der Waals surface area contributed by atoms with Gasteiger partial charge in [0, 0.05) is 17.8 Å². The second-order valence-corrected chi connectivity index (χ2v) is 5.62. The van der Waals surface area contributed by atoms with Gasteiger partial charge in [0.1, 0.15) is 0 Å². The van der Waals surface area contributed by atoms with E-state index in [9.17, 15) is 19.7 Å². The lowest BCUT2D eigenvalue weighted by molar-refractivity contribution is -0.385. The summed E-state index contributed by atoms with van der Waals surface area (Å²) >= 11 is 0. The summed E-state index contributed by atoms with van der Waals surface area (Å²) in [5.41, 5.74) is 2.70. The number of ether oxygens (including phenoxy) is 1. The van der Waals surface area contributed by atoms with Crippen LogP contribution in [0.2, 0.25) is 0 Å². The molecule has 0 bridgehead atoms. The van der Waals surface area contributed by atoms with Crippen LogP contribution in [-0.4, -0.2) is 23.4 Å². The van der Waals surface area contributed by atoms with Gasteiger partial charge in [-0.1, -0.05) is 24.3 Å². The molecule has 0 aromatic heterocycles. The zero-order valence-corrected chi connectivity index (χ0v) is 14.4. The normalized spacial score (nSPS) is 10.5. The van der Waals surface area contributed by atoms with Crippen LogP contribution in [0.15, 0.2) is 48.5 Å². The van der Waals surface area contributed by atoms with Crippen LogP contribution in [0.25, 0.3) is 6.08 Å². The number of benzene rings is 2. The van der Waals surface area contributed by atoms with E-state index in [1.165, 1.54) is 24.3 Å².